The third-order valence-electron chi connectivity index (χ3n) is 2.33. The summed E-state index contributed by atoms with van der Waals surface area (Å²) in [7, 11) is 2.77. The molecular weight excluding hydrogens is 248 g/mol. The van der Waals surface area contributed by atoms with Crippen LogP contribution in [0.3, 0.4) is 0 Å². The molecule has 5 heteroatoms. The quantitative estimate of drug-likeness (QED) is 0.351. The fourth-order valence-corrected chi connectivity index (χ4v) is 1.39. The molecule has 102 valence electrons. The Morgan fingerprint density at radius 3 is 2.21 bits per heavy atom. The van der Waals surface area contributed by atoms with E-state index >= 15 is 0 Å². The predicted octanol–water partition coefficient (Wildman–Crippen LogP) is 1.81. The Morgan fingerprint density at radius 2 is 1.74 bits per heavy atom. The van der Waals surface area contributed by atoms with Gasteiger partial charge in [0.15, 0.2) is 0 Å². The van der Waals surface area contributed by atoms with E-state index in [4.69, 9.17) is 9.47 Å². The van der Waals surface area contributed by atoms with Crippen molar-refractivity contribution in [3.63, 3.8) is 0 Å². The van der Waals surface area contributed by atoms with Crippen LogP contribution in [0.2, 0.25) is 0 Å². The van der Waals surface area contributed by atoms with Crippen LogP contribution in [0.1, 0.15) is 12.5 Å². The molecule has 0 N–H and O–H groups in total. The minimum atomic E-state index is -0.728. The molecule has 0 aliphatic carbocycles. The van der Waals surface area contributed by atoms with E-state index in [1.165, 1.54) is 13.2 Å². The summed E-state index contributed by atoms with van der Waals surface area (Å²) < 4.78 is 14.4. The average Bonchev–Trinajstić information content (AvgIpc) is 2.44. The monoisotopic (exact) mass is 264 g/mol. The number of methoxy groups -OCH3 is 2. The first-order valence-corrected chi connectivity index (χ1v) is 5.73. The maximum absolute atomic E-state index is 11.7. The summed E-state index contributed by atoms with van der Waals surface area (Å²) in [5.41, 5.74) is 0.531. The van der Waals surface area contributed by atoms with Gasteiger partial charge in [-0.3, -0.25) is 0 Å². The first-order valence-electron chi connectivity index (χ1n) is 5.73. The van der Waals surface area contributed by atoms with Crippen molar-refractivity contribution in [3.8, 4) is 5.75 Å². The molecule has 0 spiro atoms. The van der Waals surface area contributed by atoms with Gasteiger partial charge in [0.2, 0.25) is 0 Å². The number of hydrogen-bond acceptors (Lipinski definition) is 5. The molecule has 0 fully saturated rings. The number of hydrogen-bond donors (Lipinski definition) is 0. The number of benzene rings is 1. The Kier molecular flexibility index (Phi) is 5.60. The van der Waals surface area contributed by atoms with E-state index in [1.807, 2.05) is 0 Å². The number of carbonyl (C=O) groups excluding carboxylic acids is 2. The van der Waals surface area contributed by atoms with E-state index in [9.17, 15) is 9.59 Å². The Hall–Kier alpha value is -2.30. The molecule has 0 saturated carbocycles. The van der Waals surface area contributed by atoms with Gasteiger partial charge in [-0.1, -0.05) is 12.1 Å². The minimum Gasteiger partial charge on any atom is -0.497 e. The second-order valence-electron chi connectivity index (χ2n) is 3.54. The van der Waals surface area contributed by atoms with E-state index in [0.29, 0.717) is 11.3 Å². The molecule has 5 nitrogen and oxygen atoms in total. The number of esters is 2. The second kappa shape index (κ2) is 7.20. The maximum atomic E-state index is 11.7. The molecular formula is C14H16O5. The molecule has 19 heavy (non-hydrogen) atoms. The zero-order chi connectivity index (χ0) is 14.3. The van der Waals surface area contributed by atoms with E-state index in [0.717, 1.165) is 0 Å². The molecule has 0 radical (unpaired) electrons. The van der Waals surface area contributed by atoms with Gasteiger partial charge >= 0.3 is 11.9 Å². The van der Waals surface area contributed by atoms with Crippen LogP contribution < -0.4 is 4.74 Å². The van der Waals surface area contributed by atoms with Crippen molar-refractivity contribution in [2.24, 2.45) is 0 Å². The van der Waals surface area contributed by atoms with Gasteiger partial charge in [0.1, 0.15) is 11.3 Å². The molecule has 0 amide bonds. The highest BCUT2D eigenvalue weighted by atomic mass is 16.5. The lowest BCUT2D eigenvalue weighted by Crippen LogP contribution is -2.17. The fourth-order valence-electron chi connectivity index (χ4n) is 1.39. The molecule has 1 aromatic carbocycles. The summed E-state index contributed by atoms with van der Waals surface area (Å²) in [5.74, 6) is -0.743. The van der Waals surface area contributed by atoms with Crippen LogP contribution >= 0.6 is 0 Å². The van der Waals surface area contributed by atoms with Crippen molar-refractivity contribution in [2.75, 3.05) is 20.8 Å². The zero-order valence-corrected chi connectivity index (χ0v) is 11.1. The van der Waals surface area contributed by atoms with Crippen molar-refractivity contribution in [2.45, 2.75) is 6.92 Å². The second-order valence-corrected chi connectivity index (χ2v) is 3.54. The molecule has 0 unspecified atom stereocenters. The van der Waals surface area contributed by atoms with Crippen molar-refractivity contribution < 1.29 is 23.8 Å². The average molecular weight is 264 g/mol. The molecule has 1 rings (SSSR count). The molecule has 0 atom stereocenters. The molecule has 0 aromatic heterocycles. The third kappa shape index (κ3) is 4.13. The summed E-state index contributed by atoms with van der Waals surface area (Å²) in [4.78, 5) is 23.2. The molecule has 0 aliphatic heterocycles. The number of ether oxygens (including phenoxy) is 3. The number of carbonyl (C=O) groups is 2. The van der Waals surface area contributed by atoms with Gasteiger partial charge in [-0.25, -0.2) is 9.59 Å². The van der Waals surface area contributed by atoms with Gasteiger partial charge in [-0.05, 0) is 30.7 Å². The Labute approximate surface area is 111 Å². The van der Waals surface area contributed by atoms with E-state index in [-0.39, 0.29) is 12.2 Å². The smallest absolute Gasteiger partial charge is 0.345 e. The lowest BCUT2D eigenvalue weighted by atomic mass is 10.1. The van der Waals surface area contributed by atoms with Gasteiger partial charge < -0.3 is 14.2 Å². The van der Waals surface area contributed by atoms with Gasteiger partial charge in [0.05, 0.1) is 20.8 Å². The largest absolute Gasteiger partial charge is 0.497 e. The summed E-state index contributed by atoms with van der Waals surface area (Å²) in [5, 5.41) is 0. The minimum absolute atomic E-state index is 0.144. The van der Waals surface area contributed by atoms with Crippen LogP contribution in [0.15, 0.2) is 29.8 Å². The van der Waals surface area contributed by atoms with Crippen LogP contribution in [0.4, 0.5) is 0 Å². The third-order valence-corrected chi connectivity index (χ3v) is 2.33. The fraction of sp³-hybridized carbons (Fsp3) is 0.286. The van der Waals surface area contributed by atoms with Crippen LogP contribution in [0, 0.1) is 0 Å². The standard InChI is InChI=1S/C14H16O5/c1-4-19-14(16)12(13(15)18-3)9-10-5-7-11(17-2)8-6-10/h5-9H,4H2,1-3H3. The normalized spacial score (nSPS) is 10.8. The van der Waals surface area contributed by atoms with Gasteiger partial charge in [-0.15, -0.1) is 0 Å². The highest BCUT2D eigenvalue weighted by Crippen LogP contribution is 2.15. The summed E-state index contributed by atoms with van der Waals surface area (Å²) >= 11 is 0. The summed E-state index contributed by atoms with van der Waals surface area (Å²) in [6.07, 6.45) is 1.42. The molecule has 0 heterocycles. The van der Waals surface area contributed by atoms with E-state index < -0.39 is 11.9 Å². The predicted molar refractivity (Wildman–Crippen MR) is 69.6 cm³/mol. The van der Waals surface area contributed by atoms with Crippen LogP contribution in [-0.4, -0.2) is 32.8 Å². The summed E-state index contributed by atoms with van der Waals surface area (Å²) in [6.45, 7) is 1.86. The van der Waals surface area contributed by atoms with E-state index in [2.05, 4.69) is 4.74 Å². The number of rotatable bonds is 5. The Bertz CT molecular complexity index is 473. The molecule has 0 saturated heterocycles. The molecule has 1 aromatic rings. The van der Waals surface area contributed by atoms with Gasteiger partial charge in [-0.2, -0.15) is 0 Å². The van der Waals surface area contributed by atoms with Crippen molar-refractivity contribution >= 4 is 18.0 Å². The van der Waals surface area contributed by atoms with Gasteiger partial charge in [0.25, 0.3) is 0 Å². The summed E-state index contributed by atoms with van der Waals surface area (Å²) in [6, 6.07) is 6.90. The molecule has 0 aliphatic rings. The maximum Gasteiger partial charge on any atom is 0.345 e. The van der Waals surface area contributed by atoms with Crippen LogP contribution in [0.25, 0.3) is 6.08 Å². The molecule has 0 bridgehead atoms. The van der Waals surface area contributed by atoms with Gasteiger partial charge in [0, 0.05) is 0 Å². The SMILES string of the molecule is CCOC(=O)C(=Cc1ccc(OC)cc1)C(=O)OC. The Balaban J connectivity index is 3.04. The highest BCUT2D eigenvalue weighted by molar-refractivity contribution is 6.17. The first-order chi connectivity index (χ1) is 9.12. The van der Waals surface area contributed by atoms with Crippen molar-refractivity contribution in [3.05, 3.63) is 35.4 Å². The zero-order valence-electron chi connectivity index (χ0n) is 11.1. The highest BCUT2D eigenvalue weighted by Gasteiger charge is 2.20. The van der Waals surface area contributed by atoms with Crippen LogP contribution in [0.5, 0.6) is 5.75 Å². The topological polar surface area (TPSA) is 61.8 Å². The van der Waals surface area contributed by atoms with Crippen LogP contribution in [-0.2, 0) is 19.1 Å². The van der Waals surface area contributed by atoms with Crippen molar-refractivity contribution in [1.29, 1.82) is 0 Å². The van der Waals surface area contributed by atoms with E-state index in [1.54, 1.807) is 38.3 Å². The lowest BCUT2D eigenvalue weighted by Gasteiger charge is -2.05. The Morgan fingerprint density at radius 1 is 1.11 bits per heavy atom. The first kappa shape index (κ1) is 14.8. The lowest BCUT2D eigenvalue weighted by molar-refractivity contribution is -0.145. The van der Waals surface area contributed by atoms with Crippen molar-refractivity contribution in [1.82, 2.24) is 0 Å².